The van der Waals surface area contributed by atoms with Gasteiger partial charge in [0.05, 0.1) is 6.61 Å². The molecule has 0 atom stereocenters. The van der Waals surface area contributed by atoms with Crippen molar-refractivity contribution in [3.63, 3.8) is 0 Å². The first kappa shape index (κ1) is 14.0. The van der Waals surface area contributed by atoms with Gasteiger partial charge >= 0.3 is 0 Å². The number of hydrogen-bond acceptors (Lipinski definition) is 2. The fourth-order valence-electron chi connectivity index (χ4n) is 1.25. The van der Waals surface area contributed by atoms with E-state index in [1.165, 1.54) is 0 Å². The highest BCUT2D eigenvalue weighted by atomic mass is 16.5. The highest BCUT2D eigenvalue weighted by Crippen LogP contribution is 2.12. The maximum atomic E-state index is 5.61. The van der Waals surface area contributed by atoms with Crippen molar-refractivity contribution in [2.45, 2.75) is 20.3 Å². The Kier molecular flexibility index (Phi) is 5.70. The molecule has 0 bridgehead atoms. The average Bonchev–Trinajstić information content (AvgIpc) is 2.30. The van der Waals surface area contributed by atoms with E-state index in [0.717, 1.165) is 24.3 Å². The first-order valence-corrected chi connectivity index (χ1v) is 5.98. The fraction of sp³-hybridized carbons (Fsp3) is 0.385. The van der Waals surface area contributed by atoms with Crippen LogP contribution in [0, 0.1) is 5.92 Å². The summed E-state index contributed by atoms with van der Waals surface area (Å²) in [7, 11) is 0. The van der Waals surface area contributed by atoms with Crippen LogP contribution in [0.3, 0.4) is 0 Å². The number of hydrogen-bond donors (Lipinski definition) is 3. The standard InChI is InChI=1S/C13H20N4O/c1-10(2)7-8-18-12-5-3-11(4-6-12)9-16-17-13(14)15/h3-6,9-10H,7-8H2,1-2H3,(H4,14,15,17)/p+1/b16-9+. The Balaban J connectivity index is 2.47. The van der Waals surface area contributed by atoms with Crippen molar-refractivity contribution in [2.75, 3.05) is 6.61 Å². The Bertz CT molecular complexity index is 406. The lowest BCUT2D eigenvalue weighted by molar-refractivity contribution is -0.456. The van der Waals surface area contributed by atoms with Crippen molar-refractivity contribution in [3.8, 4) is 5.75 Å². The van der Waals surface area contributed by atoms with Crippen molar-refractivity contribution in [1.82, 2.24) is 0 Å². The van der Waals surface area contributed by atoms with E-state index >= 15 is 0 Å². The number of nitrogens with zero attached hydrogens (tertiary/aromatic N) is 1. The van der Waals surface area contributed by atoms with Gasteiger partial charge in [0, 0.05) is 10.7 Å². The molecule has 5 N–H and O–H groups in total. The lowest BCUT2D eigenvalue weighted by Crippen LogP contribution is -2.63. The second kappa shape index (κ2) is 7.32. The van der Waals surface area contributed by atoms with Gasteiger partial charge in [-0.15, -0.1) is 5.10 Å². The van der Waals surface area contributed by atoms with Gasteiger partial charge in [-0.05, 0) is 36.6 Å². The smallest absolute Gasteiger partial charge is 0.256 e. The molecule has 0 aliphatic rings. The number of rotatable bonds is 6. The summed E-state index contributed by atoms with van der Waals surface area (Å²) >= 11 is 0. The molecule has 5 nitrogen and oxygen atoms in total. The second-order valence-corrected chi connectivity index (χ2v) is 4.41. The monoisotopic (exact) mass is 249 g/mol. The maximum Gasteiger partial charge on any atom is 0.256 e. The molecule has 0 unspecified atom stereocenters. The van der Waals surface area contributed by atoms with E-state index in [0.29, 0.717) is 5.92 Å². The molecular formula is C13H21N4O+. The van der Waals surface area contributed by atoms with Gasteiger partial charge in [0.1, 0.15) is 5.75 Å². The summed E-state index contributed by atoms with van der Waals surface area (Å²) in [4.78, 5) is 0. The van der Waals surface area contributed by atoms with Gasteiger partial charge in [-0.25, -0.2) is 0 Å². The number of ether oxygens (including phenoxy) is 1. The Morgan fingerprint density at radius 2 is 2.00 bits per heavy atom. The van der Waals surface area contributed by atoms with E-state index in [4.69, 9.17) is 16.2 Å². The molecule has 0 fully saturated rings. The van der Waals surface area contributed by atoms with Crippen LogP contribution in [0.2, 0.25) is 0 Å². The van der Waals surface area contributed by atoms with Crippen LogP contribution in [-0.4, -0.2) is 18.8 Å². The van der Waals surface area contributed by atoms with Crippen LogP contribution in [-0.2, 0) is 0 Å². The summed E-state index contributed by atoms with van der Waals surface area (Å²) in [6.45, 7) is 5.10. The minimum absolute atomic E-state index is 0.000103. The minimum atomic E-state index is -0.000103. The van der Waals surface area contributed by atoms with Gasteiger partial charge in [-0.3, -0.25) is 0 Å². The Morgan fingerprint density at radius 1 is 1.33 bits per heavy atom. The lowest BCUT2D eigenvalue weighted by atomic mass is 10.1. The maximum absolute atomic E-state index is 5.61. The number of nitrogens with two attached hydrogens (primary N) is 2. The summed E-state index contributed by atoms with van der Waals surface area (Å²) in [5.74, 6) is 1.52. The molecule has 98 valence electrons. The molecule has 18 heavy (non-hydrogen) atoms. The van der Waals surface area contributed by atoms with Crippen LogP contribution in [0.4, 0.5) is 0 Å². The van der Waals surface area contributed by atoms with E-state index < -0.39 is 0 Å². The largest absolute Gasteiger partial charge is 0.494 e. The fourth-order valence-corrected chi connectivity index (χ4v) is 1.25. The Morgan fingerprint density at radius 3 is 2.56 bits per heavy atom. The molecule has 0 spiro atoms. The molecule has 0 aromatic heterocycles. The van der Waals surface area contributed by atoms with Crippen LogP contribution in [0.25, 0.3) is 0 Å². The molecule has 1 rings (SSSR count). The average molecular weight is 249 g/mol. The van der Waals surface area contributed by atoms with E-state index in [-0.39, 0.29) is 5.96 Å². The van der Waals surface area contributed by atoms with E-state index in [2.05, 4.69) is 24.1 Å². The van der Waals surface area contributed by atoms with E-state index in [9.17, 15) is 0 Å². The third kappa shape index (κ3) is 5.89. The predicted molar refractivity (Wildman–Crippen MR) is 73.3 cm³/mol. The molecule has 0 aliphatic carbocycles. The van der Waals surface area contributed by atoms with Crippen molar-refractivity contribution >= 4 is 12.2 Å². The van der Waals surface area contributed by atoms with Crippen molar-refractivity contribution in [3.05, 3.63) is 29.8 Å². The zero-order chi connectivity index (χ0) is 13.4. The van der Waals surface area contributed by atoms with Crippen molar-refractivity contribution in [2.24, 2.45) is 22.5 Å². The van der Waals surface area contributed by atoms with Crippen molar-refractivity contribution < 1.29 is 9.84 Å². The van der Waals surface area contributed by atoms with Gasteiger partial charge in [0.15, 0.2) is 0 Å². The highest BCUT2D eigenvalue weighted by Gasteiger charge is 1.97. The molecule has 0 saturated carbocycles. The number of nitrogens with one attached hydrogen (secondary N) is 1. The quantitative estimate of drug-likeness (QED) is 0.370. The molecule has 5 heteroatoms. The summed E-state index contributed by atoms with van der Waals surface area (Å²) in [5.41, 5.74) is 11.3. The Labute approximate surface area is 108 Å². The van der Waals surface area contributed by atoms with Gasteiger partial charge in [0.2, 0.25) is 6.21 Å². The molecule has 1 aromatic rings. The third-order valence-electron chi connectivity index (χ3n) is 2.27. The number of guanidine groups is 1. The zero-order valence-electron chi connectivity index (χ0n) is 10.9. The van der Waals surface area contributed by atoms with Crippen LogP contribution in [0.1, 0.15) is 25.8 Å². The van der Waals surface area contributed by atoms with E-state index in [1.54, 1.807) is 6.21 Å². The summed E-state index contributed by atoms with van der Waals surface area (Å²) < 4.78 is 5.61. The Hall–Kier alpha value is -2.04. The zero-order valence-corrected chi connectivity index (χ0v) is 10.9. The minimum Gasteiger partial charge on any atom is -0.494 e. The molecule has 0 aliphatic heterocycles. The van der Waals surface area contributed by atoms with Crippen LogP contribution in [0.5, 0.6) is 5.75 Å². The van der Waals surface area contributed by atoms with E-state index in [1.807, 2.05) is 24.3 Å². The lowest BCUT2D eigenvalue weighted by Gasteiger charge is -2.07. The number of hydrazone groups is 1. The van der Waals surface area contributed by atoms with Crippen LogP contribution >= 0.6 is 0 Å². The summed E-state index contributed by atoms with van der Waals surface area (Å²) in [6.07, 6.45) is 2.76. The van der Waals surface area contributed by atoms with Gasteiger partial charge < -0.3 is 16.2 Å². The topological polar surface area (TPSA) is 87.6 Å². The summed E-state index contributed by atoms with van der Waals surface area (Å²) in [5, 5.41) is 6.30. The third-order valence-corrected chi connectivity index (χ3v) is 2.27. The molecule has 0 saturated heterocycles. The predicted octanol–water partition coefficient (Wildman–Crippen LogP) is -0.201. The van der Waals surface area contributed by atoms with Gasteiger partial charge in [-0.1, -0.05) is 13.8 Å². The van der Waals surface area contributed by atoms with Gasteiger partial charge in [-0.2, -0.15) is 0 Å². The highest BCUT2D eigenvalue weighted by molar-refractivity contribution is 5.77. The van der Waals surface area contributed by atoms with Crippen LogP contribution in [0.15, 0.2) is 29.4 Å². The first-order valence-electron chi connectivity index (χ1n) is 5.98. The van der Waals surface area contributed by atoms with Gasteiger partial charge in [0.25, 0.3) is 5.96 Å². The second-order valence-electron chi connectivity index (χ2n) is 4.41. The normalized spacial score (nSPS) is 10.8. The molecule has 0 radical (unpaired) electrons. The SMILES string of the molecule is CC(C)CCOc1ccc(/C=[NH+]/N=C(N)N)cc1. The van der Waals surface area contributed by atoms with Crippen LogP contribution < -0.4 is 21.3 Å². The molecule has 0 amide bonds. The molecule has 0 heterocycles. The summed E-state index contributed by atoms with van der Waals surface area (Å²) in [6, 6.07) is 7.70. The molecule has 1 aromatic carbocycles. The number of benzene rings is 1. The van der Waals surface area contributed by atoms with Crippen molar-refractivity contribution in [1.29, 1.82) is 0 Å². The first-order chi connectivity index (χ1) is 8.58. The molecular weight excluding hydrogens is 228 g/mol.